The van der Waals surface area contributed by atoms with E-state index in [2.05, 4.69) is 40.6 Å². The first-order valence-corrected chi connectivity index (χ1v) is 11.7. The van der Waals surface area contributed by atoms with Crippen LogP contribution in [0.3, 0.4) is 0 Å². The van der Waals surface area contributed by atoms with E-state index >= 15 is 0 Å². The Balaban J connectivity index is 1.52. The zero-order chi connectivity index (χ0) is 24.2. The molecule has 0 aliphatic heterocycles. The highest BCUT2D eigenvalue weighted by molar-refractivity contribution is 6.35. The third kappa shape index (κ3) is 5.03. The van der Waals surface area contributed by atoms with Gasteiger partial charge in [0.05, 0.1) is 16.1 Å². The van der Waals surface area contributed by atoms with Gasteiger partial charge >= 0.3 is 5.97 Å². The zero-order valence-electron chi connectivity index (χ0n) is 18.9. The first-order valence-electron chi connectivity index (χ1n) is 11.3. The number of hydrogen-bond donors (Lipinski definition) is 2. The molecule has 1 aromatic heterocycles. The molecule has 4 nitrogen and oxygen atoms in total. The number of carboxylic acid groups (broad SMARTS) is 1. The average molecular weight is 479 g/mol. The van der Waals surface area contributed by atoms with E-state index in [1.807, 2.05) is 54.7 Å². The number of anilines is 1. The number of fused-ring (bicyclic) bond motifs is 1. The van der Waals surface area contributed by atoms with Crippen molar-refractivity contribution in [1.82, 2.24) is 4.98 Å². The van der Waals surface area contributed by atoms with Crippen molar-refractivity contribution < 1.29 is 9.90 Å². The lowest BCUT2D eigenvalue weighted by atomic mass is 9.92. The van der Waals surface area contributed by atoms with E-state index in [0.29, 0.717) is 11.6 Å². The summed E-state index contributed by atoms with van der Waals surface area (Å²) >= 11 is 6.50. The number of pyridine rings is 1. The molecule has 0 atom stereocenters. The number of aromatic carboxylic acids is 1. The van der Waals surface area contributed by atoms with Crippen molar-refractivity contribution in [3.05, 3.63) is 131 Å². The minimum Gasteiger partial charge on any atom is -0.478 e. The molecule has 0 aliphatic carbocycles. The van der Waals surface area contributed by atoms with Crippen molar-refractivity contribution >= 4 is 34.2 Å². The molecular formula is C30H23ClN2O2. The molecule has 1 heterocycles. The van der Waals surface area contributed by atoms with E-state index in [1.54, 1.807) is 18.2 Å². The number of para-hydroxylation sites is 1. The van der Waals surface area contributed by atoms with Crippen LogP contribution in [0.4, 0.5) is 5.69 Å². The number of benzene rings is 4. The summed E-state index contributed by atoms with van der Waals surface area (Å²) in [6, 6.07) is 31.5. The Morgan fingerprint density at radius 2 is 1.63 bits per heavy atom. The van der Waals surface area contributed by atoms with Gasteiger partial charge in [-0.25, -0.2) is 4.79 Å². The summed E-state index contributed by atoms with van der Waals surface area (Å²) in [6.45, 7) is 0.518. The maximum Gasteiger partial charge on any atom is 0.335 e. The molecule has 0 saturated heterocycles. The molecule has 0 fully saturated rings. The number of nitrogens with zero attached hydrogens (tertiary/aromatic N) is 1. The SMILES string of the molecule is O=C(O)c1cccc(CNc2cccc(-c3c(Cc4ccccc4)cnc4c(Cl)cccc34)c2)c1. The minimum atomic E-state index is -0.928. The lowest BCUT2D eigenvalue weighted by Crippen LogP contribution is -2.02. The van der Waals surface area contributed by atoms with Crippen LogP contribution < -0.4 is 5.32 Å². The fourth-order valence-electron chi connectivity index (χ4n) is 4.32. The molecule has 0 spiro atoms. The molecule has 0 aliphatic rings. The molecule has 35 heavy (non-hydrogen) atoms. The van der Waals surface area contributed by atoms with Crippen molar-refractivity contribution in [2.24, 2.45) is 0 Å². The smallest absolute Gasteiger partial charge is 0.335 e. The van der Waals surface area contributed by atoms with Gasteiger partial charge < -0.3 is 10.4 Å². The van der Waals surface area contributed by atoms with E-state index < -0.39 is 5.97 Å². The van der Waals surface area contributed by atoms with Gasteiger partial charge in [0, 0.05) is 23.8 Å². The third-order valence-corrected chi connectivity index (χ3v) is 6.29. The van der Waals surface area contributed by atoms with Crippen LogP contribution in [-0.4, -0.2) is 16.1 Å². The van der Waals surface area contributed by atoms with Crippen LogP contribution in [0.2, 0.25) is 5.02 Å². The summed E-state index contributed by atoms with van der Waals surface area (Å²) in [4.78, 5) is 16.0. The highest BCUT2D eigenvalue weighted by atomic mass is 35.5. The Labute approximate surface area is 208 Å². The van der Waals surface area contributed by atoms with Crippen LogP contribution in [0.1, 0.15) is 27.0 Å². The monoisotopic (exact) mass is 478 g/mol. The molecule has 0 amide bonds. The molecule has 0 unspecified atom stereocenters. The Hall–Kier alpha value is -4.15. The van der Waals surface area contributed by atoms with Gasteiger partial charge in [-0.15, -0.1) is 0 Å². The highest BCUT2D eigenvalue weighted by Crippen LogP contribution is 2.36. The van der Waals surface area contributed by atoms with Crippen LogP contribution >= 0.6 is 11.6 Å². The van der Waals surface area contributed by atoms with Gasteiger partial charge in [0.1, 0.15) is 0 Å². The van der Waals surface area contributed by atoms with Gasteiger partial charge in [-0.1, -0.05) is 78.3 Å². The normalized spacial score (nSPS) is 10.9. The largest absolute Gasteiger partial charge is 0.478 e. The molecule has 5 rings (SSSR count). The number of halogens is 1. The summed E-state index contributed by atoms with van der Waals surface area (Å²) in [7, 11) is 0. The summed E-state index contributed by atoms with van der Waals surface area (Å²) in [5.74, 6) is -0.928. The van der Waals surface area contributed by atoms with Crippen LogP contribution in [-0.2, 0) is 13.0 Å². The summed E-state index contributed by atoms with van der Waals surface area (Å²) in [6.07, 6.45) is 2.68. The number of hydrogen-bond acceptors (Lipinski definition) is 3. The highest BCUT2D eigenvalue weighted by Gasteiger charge is 2.14. The Morgan fingerprint density at radius 1 is 0.857 bits per heavy atom. The van der Waals surface area contributed by atoms with Gasteiger partial charge in [-0.3, -0.25) is 4.98 Å². The number of carbonyl (C=O) groups is 1. The second-order valence-electron chi connectivity index (χ2n) is 8.40. The summed E-state index contributed by atoms with van der Waals surface area (Å²) in [5, 5.41) is 14.3. The summed E-state index contributed by atoms with van der Waals surface area (Å²) in [5.41, 5.74) is 7.42. The number of aromatic nitrogens is 1. The Kier molecular flexibility index (Phi) is 6.47. The lowest BCUT2D eigenvalue weighted by molar-refractivity contribution is 0.0696. The molecular weight excluding hydrogens is 456 g/mol. The second kappa shape index (κ2) is 10.00. The minimum absolute atomic E-state index is 0.281. The van der Waals surface area contributed by atoms with Gasteiger partial charge in [-0.05, 0) is 64.6 Å². The predicted octanol–water partition coefficient (Wildman–Crippen LogP) is 7.46. The van der Waals surface area contributed by atoms with Gasteiger partial charge in [0.2, 0.25) is 0 Å². The average Bonchev–Trinajstić information content (AvgIpc) is 2.88. The standard InChI is InChI=1S/C30H23ClN2O2/c31-27-14-6-13-26-28(24(19-33-29(26)27)15-20-7-2-1-3-8-20)22-10-5-12-25(17-22)32-18-21-9-4-11-23(16-21)30(34)35/h1-14,16-17,19,32H,15,18H2,(H,34,35). The number of rotatable bonds is 7. The molecule has 0 bridgehead atoms. The molecule has 5 aromatic rings. The van der Waals surface area contributed by atoms with E-state index in [0.717, 1.165) is 45.3 Å². The van der Waals surface area contributed by atoms with Gasteiger partial charge in [-0.2, -0.15) is 0 Å². The molecule has 2 N–H and O–H groups in total. The molecule has 5 heteroatoms. The molecule has 0 saturated carbocycles. The first kappa shape index (κ1) is 22.6. The molecule has 172 valence electrons. The quantitative estimate of drug-likeness (QED) is 0.255. The van der Waals surface area contributed by atoms with E-state index in [4.69, 9.17) is 11.6 Å². The van der Waals surface area contributed by atoms with Gasteiger partial charge in [0.25, 0.3) is 0 Å². The van der Waals surface area contributed by atoms with Crippen LogP contribution in [0.25, 0.3) is 22.0 Å². The maximum absolute atomic E-state index is 11.3. The first-order chi connectivity index (χ1) is 17.1. The van der Waals surface area contributed by atoms with Crippen molar-refractivity contribution in [1.29, 1.82) is 0 Å². The number of nitrogens with one attached hydrogen (secondary N) is 1. The van der Waals surface area contributed by atoms with Crippen LogP contribution in [0, 0.1) is 0 Å². The van der Waals surface area contributed by atoms with Crippen molar-refractivity contribution in [3.63, 3.8) is 0 Å². The van der Waals surface area contributed by atoms with E-state index in [-0.39, 0.29) is 5.56 Å². The fraction of sp³-hybridized carbons (Fsp3) is 0.0667. The Morgan fingerprint density at radius 3 is 2.46 bits per heavy atom. The van der Waals surface area contributed by atoms with Crippen molar-refractivity contribution in [2.45, 2.75) is 13.0 Å². The molecule has 0 radical (unpaired) electrons. The Bertz CT molecular complexity index is 1520. The predicted molar refractivity (Wildman–Crippen MR) is 142 cm³/mol. The van der Waals surface area contributed by atoms with E-state index in [1.165, 1.54) is 5.56 Å². The zero-order valence-corrected chi connectivity index (χ0v) is 19.7. The lowest BCUT2D eigenvalue weighted by Gasteiger charge is -2.15. The van der Waals surface area contributed by atoms with Crippen LogP contribution in [0.15, 0.2) is 103 Å². The molecule has 4 aromatic carbocycles. The van der Waals surface area contributed by atoms with Gasteiger partial charge in [0.15, 0.2) is 0 Å². The fourth-order valence-corrected chi connectivity index (χ4v) is 4.55. The summed E-state index contributed by atoms with van der Waals surface area (Å²) < 4.78 is 0. The van der Waals surface area contributed by atoms with E-state index in [9.17, 15) is 9.90 Å². The van der Waals surface area contributed by atoms with Crippen molar-refractivity contribution in [3.8, 4) is 11.1 Å². The van der Waals surface area contributed by atoms with Crippen molar-refractivity contribution in [2.75, 3.05) is 5.32 Å². The maximum atomic E-state index is 11.3. The van der Waals surface area contributed by atoms with Crippen LogP contribution in [0.5, 0.6) is 0 Å². The second-order valence-corrected chi connectivity index (χ2v) is 8.80. The topological polar surface area (TPSA) is 62.2 Å². The third-order valence-electron chi connectivity index (χ3n) is 5.99. The number of carboxylic acids is 1.